The van der Waals surface area contributed by atoms with Crippen molar-refractivity contribution < 1.29 is 28.0 Å². The van der Waals surface area contributed by atoms with Gasteiger partial charge in [0.25, 0.3) is 11.8 Å². The van der Waals surface area contributed by atoms with E-state index < -0.39 is 34.7 Å². The number of fused-ring (bicyclic) bond motifs is 1. The number of hydrogen-bond acceptors (Lipinski definition) is 4. The number of benzene rings is 2. The van der Waals surface area contributed by atoms with Gasteiger partial charge in [0.15, 0.2) is 0 Å². The van der Waals surface area contributed by atoms with Crippen LogP contribution in [0.4, 0.5) is 8.78 Å². The molecule has 0 spiro atoms. The lowest BCUT2D eigenvalue weighted by atomic mass is 9.57. The molecule has 182 valence electrons. The summed E-state index contributed by atoms with van der Waals surface area (Å²) in [5, 5.41) is 3.83. The summed E-state index contributed by atoms with van der Waals surface area (Å²) in [5.74, 6) is -6.49. The van der Waals surface area contributed by atoms with Crippen molar-refractivity contribution in [2.24, 2.45) is 0 Å². The summed E-state index contributed by atoms with van der Waals surface area (Å²) >= 11 is 6.02. The van der Waals surface area contributed by atoms with Gasteiger partial charge in [0.05, 0.1) is 0 Å². The number of nitrogens with zero attached hydrogens (tertiary/aromatic N) is 1. The van der Waals surface area contributed by atoms with E-state index in [1.165, 1.54) is 18.8 Å². The standard InChI is InChI=1S/C22H22B4ClF2N3O4/c23-16-12(3-4-13(27)17(16)24)21(28,29)20(36)31-22(25,26)10-1-2-11-9(7-10)8-32(19(11)35)14-5-6-15(33)30-18(14)34/h1-4,7,14H,5-6,8,23-26H2,(H,31,36)(H,30,33,34). The molecule has 0 bridgehead atoms. The van der Waals surface area contributed by atoms with E-state index in [1.54, 1.807) is 41.7 Å². The van der Waals surface area contributed by atoms with Gasteiger partial charge in [-0.25, -0.2) is 0 Å². The first-order chi connectivity index (χ1) is 16.7. The second-order valence-corrected chi connectivity index (χ2v) is 10.2. The Bertz CT molecular complexity index is 1320. The minimum absolute atomic E-state index is 0.137. The Morgan fingerprint density at radius 2 is 1.81 bits per heavy atom. The van der Waals surface area contributed by atoms with Crippen LogP contribution >= 0.6 is 11.6 Å². The predicted molar refractivity (Wildman–Crippen MR) is 141 cm³/mol. The average molecular weight is 509 g/mol. The highest BCUT2D eigenvalue weighted by Gasteiger charge is 2.45. The molecule has 2 N–H and O–H groups in total. The molecule has 1 unspecified atom stereocenters. The number of carbonyl (C=O) groups is 4. The van der Waals surface area contributed by atoms with Gasteiger partial charge in [-0.1, -0.05) is 40.7 Å². The summed E-state index contributed by atoms with van der Waals surface area (Å²) in [7, 11) is 6.30. The summed E-state index contributed by atoms with van der Waals surface area (Å²) in [6, 6.07) is 6.58. The van der Waals surface area contributed by atoms with Gasteiger partial charge >= 0.3 is 5.92 Å². The molecule has 4 amide bonds. The molecule has 36 heavy (non-hydrogen) atoms. The maximum absolute atomic E-state index is 15.2. The van der Waals surface area contributed by atoms with Gasteiger partial charge in [0, 0.05) is 34.5 Å². The van der Waals surface area contributed by atoms with Crippen molar-refractivity contribution in [1.82, 2.24) is 15.5 Å². The van der Waals surface area contributed by atoms with Crippen molar-refractivity contribution >= 4 is 77.5 Å². The van der Waals surface area contributed by atoms with E-state index in [9.17, 15) is 19.2 Å². The minimum atomic E-state index is -3.80. The zero-order chi connectivity index (χ0) is 26.6. The largest absolute Gasteiger partial charge is 0.357 e. The number of nitrogens with one attached hydrogen (secondary N) is 2. The zero-order valence-corrected chi connectivity index (χ0v) is 21.1. The van der Waals surface area contributed by atoms with Crippen molar-refractivity contribution in [1.29, 1.82) is 0 Å². The van der Waals surface area contributed by atoms with Crippen LogP contribution in [0.5, 0.6) is 0 Å². The Morgan fingerprint density at radius 1 is 1.11 bits per heavy atom. The van der Waals surface area contributed by atoms with Gasteiger partial charge in [0.1, 0.15) is 37.4 Å². The van der Waals surface area contributed by atoms with Gasteiger partial charge in [-0.05, 0) is 29.7 Å². The van der Waals surface area contributed by atoms with E-state index in [-0.39, 0.29) is 36.7 Å². The molecule has 0 aromatic heterocycles. The zero-order valence-electron chi connectivity index (χ0n) is 20.3. The Morgan fingerprint density at radius 3 is 2.47 bits per heavy atom. The van der Waals surface area contributed by atoms with Crippen LogP contribution in [-0.4, -0.2) is 66.0 Å². The highest BCUT2D eigenvalue weighted by atomic mass is 35.5. The molecule has 1 atom stereocenters. The third-order valence-electron chi connectivity index (χ3n) is 7.02. The van der Waals surface area contributed by atoms with Crippen LogP contribution in [0, 0.1) is 0 Å². The summed E-state index contributed by atoms with van der Waals surface area (Å²) in [6.45, 7) is 0.137. The normalized spacial score (nSPS) is 18.1. The number of alkyl halides is 2. The lowest BCUT2D eigenvalue weighted by Gasteiger charge is -2.31. The van der Waals surface area contributed by atoms with Crippen LogP contribution < -0.4 is 21.6 Å². The average Bonchev–Trinajstić information content (AvgIpc) is 3.12. The Kier molecular flexibility index (Phi) is 6.58. The maximum Gasteiger partial charge on any atom is 0.349 e. The van der Waals surface area contributed by atoms with Crippen molar-refractivity contribution in [3.05, 3.63) is 57.6 Å². The summed E-state index contributed by atoms with van der Waals surface area (Å²) in [4.78, 5) is 50.8. The molecule has 14 heteroatoms. The highest BCUT2D eigenvalue weighted by molar-refractivity contribution is 6.55. The molecule has 7 nitrogen and oxygen atoms in total. The van der Waals surface area contributed by atoms with Crippen LogP contribution in [0.25, 0.3) is 0 Å². The maximum atomic E-state index is 15.2. The molecule has 2 aliphatic heterocycles. The Hall–Kier alpha value is -3.07. The van der Waals surface area contributed by atoms with Crippen molar-refractivity contribution in [2.45, 2.75) is 36.7 Å². The Balaban J connectivity index is 1.55. The van der Waals surface area contributed by atoms with E-state index in [0.717, 1.165) is 6.07 Å². The third kappa shape index (κ3) is 4.45. The fraction of sp³-hybridized carbons (Fsp3) is 0.273. The Labute approximate surface area is 215 Å². The van der Waals surface area contributed by atoms with Crippen molar-refractivity contribution in [3.63, 3.8) is 0 Å². The van der Waals surface area contributed by atoms with Gasteiger partial charge < -0.3 is 10.2 Å². The molecule has 4 rings (SSSR count). The highest BCUT2D eigenvalue weighted by Crippen LogP contribution is 2.32. The third-order valence-corrected chi connectivity index (χ3v) is 7.43. The van der Waals surface area contributed by atoms with Crippen LogP contribution in [0.2, 0.25) is 5.02 Å². The molecule has 2 aromatic carbocycles. The number of carbonyl (C=O) groups excluding carboxylic acids is 4. The van der Waals surface area contributed by atoms with E-state index >= 15 is 8.78 Å². The van der Waals surface area contributed by atoms with Crippen LogP contribution in [0.1, 0.15) is 39.9 Å². The smallest absolute Gasteiger partial charge is 0.349 e. The topological polar surface area (TPSA) is 95.6 Å². The van der Waals surface area contributed by atoms with Crippen LogP contribution in [-0.2, 0) is 32.2 Å². The quantitative estimate of drug-likeness (QED) is 0.330. The fourth-order valence-corrected chi connectivity index (χ4v) is 4.85. The molecular weight excluding hydrogens is 487 g/mol. The molecule has 0 aliphatic carbocycles. The molecule has 2 aliphatic rings. The number of halogens is 3. The van der Waals surface area contributed by atoms with Crippen LogP contribution in [0.3, 0.4) is 0 Å². The van der Waals surface area contributed by atoms with E-state index in [1.807, 2.05) is 0 Å². The van der Waals surface area contributed by atoms with Gasteiger partial charge in [0.2, 0.25) is 11.8 Å². The summed E-state index contributed by atoms with van der Waals surface area (Å²) < 4.78 is 30.4. The van der Waals surface area contributed by atoms with Gasteiger partial charge in [-0.3, -0.25) is 24.5 Å². The van der Waals surface area contributed by atoms with E-state index in [4.69, 9.17) is 11.6 Å². The molecule has 1 saturated heterocycles. The summed E-state index contributed by atoms with van der Waals surface area (Å²) in [6.07, 6.45) is 0.374. The number of imide groups is 1. The molecule has 0 radical (unpaired) electrons. The minimum Gasteiger partial charge on any atom is -0.357 e. The molecule has 0 saturated carbocycles. The number of amides is 4. The van der Waals surface area contributed by atoms with Crippen molar-refractivity contribution in [2.75, 3.05) is 0 Å². The van der Waals surface area contributed by atoms with E-state index in [0.29, 0.717) is 27.2 Å². The van der Waals surface area contributed by atoms with E-state index in [2.05, 4.69) is 10.6 Å². The lowest BCUT2D eigenvalue weighted by molar-refractivity contribution is -0.147. The van der Waals surface area contributed by atoms with Crippen molar-refractivity contribution in [3.8, 4) is 0 Å². The first kappa shape index (κ1) is 26.0. The number of rotatable bonds is 5. The van der Waals surface area contributed by atoms with Gasteiger partial charge in [-0.2, -0.15) is 8.78 Å². The monoisotopic (exact) mass is 509 g/mol. The molecule has 2 aromatic rings. The summed E-state index contributed by atoms with van der Waals surface area (Å²) in [5.41, 5.74) is 1.82. The molecule has 2 heterocycles. The van der Waals surface area contributed by atoms with Gasteiger partial charge in [-0.15, -0.1) is 0 Å². The first-order valence-electron chi connectivity index (χ1n) is 11.5. The lowest BCUT2D eigenvalue weighted by Crippen LogP contribution is -2.53. The fourth-order valence-electron chi connectivity index (χ4n) is 4.65. The first-order valence-corrected chi connectivity index (χ1v) is 11.9. The number of piperidine rings is 1. The molecule has 1 fully saturated rings. The number of hydrogen-bond donors (Lipinski definition) is 2. The molecular formula is C22H22B4ClF2N3O4. The predicted octanol–water partition coefficient (Wildman–Crippen LogP) is -3.10. The van der Waals surface area contributed by atoms with Crippen LogP contribution in [0.15, 0.2) is 30.3 Å². The SMILES string of the molecule is Bc1c(Cl)ccc(C(F)(F)C(=O)NC(B)(B)c2ccc3c(c2)CN(C2CCC(=O)NC2=O)C3=O)c1B. The second-order valence-electron chi connectivity index (χ2n) is 9.77. The second kappa shape index (κ2) is 9.10.